The molecule has 2 rings (SSSR count). The molecule has 106 valence electrons. The molecular weight excluding hydrogens is 256 g/mol. The minimum Gasteiger partial charge on any atom is -0.309 e. The smallest absolute Gasteiger partial charge is 0.129 e. The van der Waals surface area contributed by atoms with Crippen molar-refractivity contribution >= 4 is 0 Å². The highest BCUT2D eigenvalue weighted by atomic mass is 19.1. The van der Waals surface area contributed by atoms with Gasteiger partial charge in [-0.1, -0.05) is 24.3 Å². The molecular formula is C17H19F2N. The van der Waals surface area contributed by atoms with E-state index in [2.05, 4.69) is 5.32 Å². The van der Waals surface area contributed by atoms with Crippen molar-refractivity contribution in [3.05, 3.63) is 69.8 Å². The molecule has 2 aromatic carbocycles. The van der Waals surface area contributed by atoms with Gasteiger partial charge in [-0.15, -0.1) is 0 Å². The lowest BCUT2D eigenvalue weighted by molar-refractivity contribution is 0.603. The topological polar surface area (TPSA) is 12.0 Å². The van der Waals surface area contributed by atoms with E-state index in [1.807, 2.05) is 25.2 Å². The normalized spacial score (nSPS) is 12.5. The third kappa shape index (κ3) is 2.73. The van der Waals surface area contributed by atoms with E-state index >= 15 is 0 Å². The van der Waals surface area contributed by atoms with Crippen LogP contribution < -0.4 is 5.32 Å². The van der Waals surface area contributed by atoms with E-state index in [0.717, 1.165) is 11.1 Å². The fourth-order valence-corrected chi connectivity index (χ4v) is 2.52. The van der Waals surface area contributed by atoms with E-state index in [1.54, 1.807) is 26.8 Å². The van der Waals surface area contributed by atoms with Crippen molar-refractivity contribution in [3.8, 4) is 0 Å². The third-order valence-electron chi connectivity index (χ3n) is 3.60. The summed E-state index contributed by atoms with van der Waals surface area (Å²) in [7, 11) is 1.84. The van der Waals surface area contributed by atoms with Crippen LogP contribution in [0.15, 0.2) is 30.3 Å². The van der Waals surface area contributed by atoms with Crippen molar-refractivity contribution in [1.29, 1.82) is 0 Å². The molecule has 1 nitrogen and oxygen atoms in total. The van der Waals surface area contributed by atoms with E-state index in [-0.39, 0.29) is 17.7 Å². The Hall–Kier alpha value is -1.74. The second-order valence-electron chi connectivity index (χ2n) is 5.20. The highest BCUT2D eigenvalue weighted by Crippen LogP contribution is 2.26. The molecule has 0 aliphatic heterocycles. The van der Waals surface area contributed by atoms with Crippen LogP contribution in [0.25, 0.3) is 0 Å². The lowest BCUT2D eigenvalue weighted by Crippen LogP contribution is -2.18. The summed E-state index contributed by atoms with van der Waals surface area (Å²) in [6.45, 7) is 5.26. The Kier molecular flexibility index (Phi) is 4.19. The predicted molar refractivity (Wildman–Crippen MR) is 77.9 cm³/mol. The molecule has 0 heterocycles. The molecule has 0 aromatic heterocycles. The van der Waals surface area contributed by atoms with Gasteiger partial charge < -0.3 is 5.32 Å². The summed E-state index contributed by atoms with van der Waals surface area (Å²) in [4.78, 5) is 0. The van der Waals surface area contributed by atoms with Crippen LogP contribution in [0.2, 0.25) is 0 Å². The van der Waals surface area contributed by atoms with E-state index < -0.39 is 0 Å². The second-order valence-corrected chi connectivity index (χ2v) is 5.20. The summed E-state index contributed by atoms with van der Waals surface area (Å²) in [5, 5.41) is 3.21. The first-order valence-electron chi connectivity index (χ1n) is 6.64. The van der Waals surface area contributed by atoms with Crippen LogP contribution in [0.1, 0.15) is 33.9 Å². The van der Waals surface area contributed by atoms with Crippen LogP contribution in [-0.4, -0.2) is 7.05 Å². The maximum atomic E-state index is 13.7. The molecule has 0 aliphatic rings. The van der Waals surface area contributed by atoms with Gasteiger partial charge in [0, 0.05) is 0 Å². The van der Waals surface area contributed by atoms with Crippen LogP contribution in [0, 0.1) is 32.4 Å². The molecule has 0 fully saturated rings. The zero-order chi connectivity index (χ0) is 14.9. The number of halogens is 2. The Morgan fingerprint density at radius 3 is 1.90 bits per heavy atom. The average Bonchev–Trinajstić information content (AvgIpc) is 2.41. The lowest BCUT2D eigenvalue weighted by atomic mass is 9.94. The van der Waals surface area contributed by atoms with Crippen LogP contribution in [0.5, 0.6) is 0 Å². The standard InChI is InChI=1S/C17H19F2N/c1-10-7-13(5-6-15(10)18)17(20-4)14-8-11(2)16(19)12(3)9-14/h5-9,17,20H,1-4H3. The quantitative estimate of drug-likeness (QED) is 0.885. The molecule has 1 N–H and O–H groups in total. The molecule has 0 bridgehead atoms. The zero-order valence-electron chi connectivity index (χ0n) is 12.2. The van der Waals surface area contributed by atoms with Crippen LogP contribution in [0.4, 0.5) is 8.78 Å². The molecule has 0 radical (unpaired) electrons. The molecule has 0 saturated heterocycles. The Balaban J connectivity index is 2.49. The van der Waals surface area contributed by atoms with Gasteiger partial charge in [-0.05, 0) is 61.7 Å². The summed E-state index contributed by atoms with van der Waals surface area (Å²) in [5.41, 5.74) is 3.81. The number of benzene rings is 2. The van der Waals surface area contributed by atoms with Crippen molar-refractivity contribution < 1.29 is 8.78 Å². The average molecular weight is 275 g/mol. The van der Waals surface area contributed by atoms with Gasteiger partial charge in [0.2, 0.25) is 0 Å². The minimum absolute atomic E-state index is 0.0766. The lowest BCUT2D eigenvalue weighted by Gasteiger charge is -2.19. The SMILES string of the molecule is CNC(c1ccc(F)c(C)c1)c1cc(C)c(F)c(C)c1. The first-order chi connectivity index (χ1) is 9.43. The van der Waals surface area contributed by atoms with Crippen molar-refractivity contribution in [2.75, 3.05) is 7.05 Å². The molecule has 0 aliphatic carbocycles. The largest absolute Gasteiger partial charge is 0.309 e. The number of hydrogen-bond acceptors (Lipinski definition) is 1. The zero-order valence-corrected chi connectivity index (χ0v) is 12.2. The maximum absolute atomic E-state index is 13.7. The van der Waals surface area contributed by atoms with Gasteiger partial charge in [0.25, 0.3) is 0 Å². The van der Waals surface area contributed by atoms with E-state index in [9.17, 15) is 8.78 Å². The predicted octanol–water partition coefficient (Wildman–Crippen LogP) is 4.20. The Labute approximate surface area is 118 Å². The van der Waals surface area contributed by atoms with Crippen molar-refractivity contribution in [2.24, 2.45) is 0 Å². The molecule has 0 saturated carbocycles. The maximum Gasteiger partial charge on any atom is 0.129 e. The van der Waals surface area contributed by atoms with Crippen molar-refractivity contribution in [1.82, 2.24) is 5.32 Å². The Bertz CT molecular complexity index is 612. The van der Waals surface area contributed by atoms with Gasteiger partial charge in [-0.3, -0.25) is 0 Å². The van der Waals surface area contributed by atoms with Gasteiger partial charge in [-0.2, -0.15) is 0 Å². The first kappa shape index (κ1) is 14.7. The third-order valence-corrected chi connectivity index (χ3v) is 3.60. The fraction of sp³-hybridized carbons (Fsp3) is 0.294. The van der Waals surface area contributed by atoms with Crippen LogP contribution >= 0.6 is 0 Å². The van der Waals surface area contributed by atoms with E-state index in [0.29, 0.717) is 16.7 Å². The summed E-state index contributed by atoms with van der Waals surface area (Å²) in [5.74, 6) is -0.381. The number of hydrogen-bond donors (Lipinski definition) is 1. The summed E-state index contributed by atoms with van der Waals surface area (Å²) in [6, 6.07) is 8.65. The van der Waals surface area contributed by atoms with Gasteiger partial charge in [0.15, 0.2) is 0 Å². The Morgan fingerprint density at radius 2 is 1.40 bits per heavy atom. The van der Waals surface area contributed by atoms with E-state index in [1.165, 1.54) is 6.07 Å². The van der Waals surface area contributed by atoms with Gasteiger partial charge in [0.05, 0.1) is 6.04 Å². The van der Waals surface area contributed by atoms with Gasteiger partial charge >= 0.3 is 0 Å². The van der Waals surface area contributed by atoms with Crippen LogP contribution in [0.3, 0.4) is 0 Å². The van der Waals surface area contributed by atoms with E-state index in [4.69, 9.17) is 0 Å². The highest BCUT2D eigenvalue weighted by Gasteiger charge is 2.15. The van der Waals surface area contributed by atoms with Gasteiger partial charge in [-0.25, -0.2) is 8.78 Å². The second kappa shape index (κ2) is 5.71. The minimum atomic E-state index is -0.213. The fourth-order valence-electron chi connectivity index (χ4n) is 2.52. The summed E-state index contributed by atoms with van der Waals surface area (Å²) >= 11 is 0. The Morgan fingerprint density at radius 1 is 0.850 bits per heavy atom. The molecule has 3 heteroatoms. The number of aryl methyl sites for hydroxylation is 3. The number of rotatable bonds is 3. The first-order valence-corrected chi connectivity index (χ1v) is 6.64. The van der Waals surface area contributed by atoms with Crippen molar-refractivity contribution in [3.63, 3.8) is 0 Å². The van der Waals surface area contributed by atoms with Crippen molar-refractivity contribution in [2.45, 2.75) is 26.8 Å². The molecule has 0 amide bonds. The highest BCUT2D eigenvalue weighted by molar-refractivity contribution is 5.39. The molecule has 1 unspecified atom stereocenters. The molecule has 0 spiro atoms. The molecule has 2 aromatic rings. The summed E-state index contributed by atoms with van der Waals surface area (Å²) in [6.07, 6.45) is 0. The van der Waals surface area contributed by atoms with Gasteiger partial charge in [0.1, 0.15) is 11.6 Å². The summed E-state index contributed by atoms with van der Waals surface area (Å²) < 4.78 is 27.1. The molecule has 1 atom stereocenters. The monoisotopic (exact) mass is 275 g/mol. The molecule has 20 heavy (non-hydrogen) atoms. The van der Waals surface area contributed by atoms with Crippen LogP contribution in [-0.2, 0) is 0 Å². The number of nitrogens with one attached hydrogen (secondary N) is 1.